The van der Waals surface area contributed by atoms with Gasteiger partial charge in [-0.3, -0.25) is 4.68 Å². The molecule has 0 aliphatic heterocycles. The van der Waals surface area contributed by atoms with Crippen LogP contribution in [0.4, 0.5) is 4.39 Å². The molecule has 0 aliphatic rings. The van der Waals surface area contributed by atoms with Crippen molar-refractivity contribution in [3.8, 4) is 0 Å². The van der Waals surface area contributed by atoms with E-state index in [2.05, 4.69) is 9.82 Å². The molecule has 0 saturated carbocycles. The summed E-state index contributed by atoms with van der Waals surface area (Å²) in [4.78, 5) is -0.378. The van der Waals surface area contributed by atoms with Crippen LogP contribution in [0, 0.1) is 5.82 Å². The molecule has 2 aromatic rings. The maximum Gasteiger partial charge on any atom is 0.243 e. The van der Waals surface area contributed by atoms with E-state index >= 15 is 0 Å². The first kappa shape index (κ1) is 15.6. The molecular weight excluding hydrogens is 295 g/mol. The van der Waals surface area contributed by atoms with E-state index in [9.17, 15) is 12.8 Å². The molecule has 1 aromatic heterocycles. The van der Waals surface area contributed by atoms with E-state index in [-0.39, 0.29) is 18.0 Å². The van der Waals surface area contributed by atoms with Gasteiger partial charge >= 0.3 is 0 Å². The maximum absolute atomic E-state index is 13.7. The smallest absolute Gasteiger partial charge is 0.243 e. The van der Waals surface area contributed by atoms with Crippen LogP contribution in [0.15, 0.2) is 35.5 Å². The van der Waals surface area contributed by atoms with Crippen molar-refractivity contribution in [3.05, 3.63) is 47.5 Å². The molecule has 21 heavy (non-hydrogen) atoms. The number of nitrogens with two attached hydrogens (primary N) is 1. The number of halogens is 1. The number of nitrogens with zero attached hydrogens (tertiary/aromatic N) is 2. The zero-order chi connectivity index (χ0) is 15.5. The van der Waals surface area contributed by atoms with Crippen molar-refractivity contribution in [1.82, 2.24) is 14.5 Å². The zero-order valence-electron chi connectivity index (χ0n) is 11.6. The standard InChI is InChI=1S/C13H17FN4O2S/c1-18-9-11(8-16-18)4-5-17-21(19,20)13-6-10(7-15)2-3-12(13)14/h2-3,6,8-9,17H,4-5,7,15H2,1H3. The third-order valence-electron chi connectivity index (χ3n) is 2.98. The molecule has 0 bridgehead atoms. The average Bonchev–Trinajstić information content (AvgIpc) is 2.84. The van der Waals surface area contributed by atoms with Crippen LogP contribution < -0.4 is 10.5 Å². The number of aryl methyl sites for hydroxylation is 1. The van der Waals surface area contributed by atoms with Crippen molar-refractivity contribution in [2.24, 2.45) is 12.8 Å². The Morgan fingerprint density at radius 3 is 2.76 bits per heavy atom. The van der Waals surface area contributed by atoms with Gasteiger partial charge in [-0.15, -0.1) is 0 Å². The quantitative estimate of drug-likeness (QED) is 0.814. The molecule has 1 heterocycles. The summed E-state index contributed by atoms with van der Waals surface area (Å²) in [5, 5.41) is 3.99. The van der Waals surface area contributed by atoms with E-state index in [1.54, 1.807) is 24.1 Å². The molecule has 0 saturated heterocycles. The Bertz CT molecular complexity index is 728. The number of benzene rings is 1. The highest BCUT2D eigenvalue weighted by atomic mass is 32.2. The normalized spacial score (nSPS) is 11.8. The van der Waals surface area contributed by atoms with Crippen LogP contribution in [-0.2, 0) is 30.0 Å². The Kier molecular flexibility index (Phi) is 4.71. The third kappa shape index (κ3) is 3.87. The van der Waals surface area contributed by atoms with E-state index in [4.69, 9.17) is 5.73 Å². The van der Waals surface area contributed by atoms with Gasteiger partial charge in [0, 0.05) is 26.3 Å². The summed E-state index contributed by atoms with van der Waals surface area (Å²) >= 11 is 0. The molecule has 0 fully saturated rings. The second kappa shape index (κ2) is 6.33. The first-order valence-corrected chi connectivity index (χ1v) is 7.86. The SMILES string of the molecule is Cn1cc(CCNS(=O)(=O)c2cc(CN)ccc2F)cn1. The first-order chi connectivity index (χ1) is 9.92. The van der Waals surface area contributed by atoms with Gasteiger partial charge in [0.1, 0.15) is 10.7 Å². The fourth-order valence-corrected chi connectivity index (χ4v) is 3.05. The highest BCUT2D eigenvalue weighted by molar-refractivity contribution is 7.89. The summed E-state index contributed by atoms with van der Waals surface area (Å²) in [5.74, 6) is -0.791. The van der Waals surface area contributed by atoms with Crippen LogP contribution in [-0.4, -0.2) is 24.7 Å². The minimum absolute atomic E-state index is 0.151. The lowest BCUT2D eigenvalue weighted by atomic mass is 10.2. The van der Waals surface area contributed by atoms with Crippen molar-refractivity contribution >= 4 is 10.0 Å². The van der Waals surface area contributed by atoms with Crippen LogP contribution in [0.1, 0.15) is 11.1 Å². The summed E-state index contributed by atoms with van der Waals surface area (Å²) in [6, 6.07) is 3.82. The number of sulfonamides is 1. The number of aromatic nitrogens is 2. The molecule has 114 valence electrons. The van der Waals surface area contributed by atoms with E-state index < -0.39 is 15.8 Å². The molecule has 0 unspecified atom stereocenters. The molecular formula is C13H17FN4O2S. The molecule has 6 nitrogen and oxygen atoms in total. The van der Waals surface area contributed by atoms with Gasteiger partial charge in [-0.2, -0.15) is 5.10 Å². The van der Waals surface area contributed by atoms with E-state index in [0.29, 0.717) is 12.0 Å². The van der Waals surface area contributed by atoms with Gasteiger partial charge < -0.3 is 5.73 Å². The number of rotatable bonds is 6. The summed E-state index contributed by atoms with van der Waals surface area (Å²) in [7, 11) is -2.12. The summed E-state index contributed by atoms with van der Waals surface area (Å²) in [5.41, 5.74) is 6.90. The Balaban J connectivity index is 2.07. The second-order valence-corrected chi connectivity index (χ2v) is 6.37. The van der Waals surface area contributed by atoms with Gasteiger partial charge in [0.25, 0.3) is 0 Å². The van der Waals surface area contributed by atoms with Crippen molar-refractivity contribution in [2.45, 2.75) is 17.9 Å². The fraction of sp³-hybridized carbons (Fsp3) is 0.308. The van der Waals surface area contributed by atoms with Crippen molar-refractivity contribution in [3.63, 3.8) is 0 Å². The topological polar surface area (TPSA) is 90.0 Å². The molecule has 8 heteroatoms. The van der Waals surface area contributed by atoms with Crippen LogP contribution in [0.3, 0.4) is 0 Å². The summed E-state index contributed by atoms with van der Waals surface area (Å²) in [6.07, 6.45) is 3.93. The predicted octanol–water partition coefficient (Wildman–Crippen LogP) is 0.539. The molecule has 0 radical (unpaired) electrons. The largest absolute Gasteiger partial charge is 0.326 e. The van der Waals surface area contributed by atoms with Gasteiger partial charge in [0.2, 0.25) is 10.0 Å². The minimum atomic E-state index is -3.89. The number of nitrogens with one attached hydrogen (secondary N) is 1. The van der Waals surface area contributed by atoms with E-state index in [1.807, 2.05) is 0 Å². The molecule has 1 aromatic carbocycles. The van der Waals surface area contributed by atoms with Gasteiger partial charge in [0.15, 0.2) is 0 Å². The minimum Gasteiger partial charge on any atom is -0.326 e. The molecule has 0 aliphatic carbocycles. The van der Waals surface area contributed by atoms with E-state index in [0.717, 1.165) is 11.6 Å². The average molecular weight is 312 g/mol. The van der Waals surface area contributed by atoms with Crippen molar-refractivity contribution < 1.29 is 12.8 Å². The predicted molar refractivity (Wildman–Crippen MR) is 76.4 cm³/mol. The monoisotopic (exact) mass is 312 g/mol. The van der Waals surface area contributed by atoms with Crippen LogP contribution in [0.5, 0.6) is 0 Å². The Morgan fingerprint density at radius 1 is 1.38 bits per heavy atom. The van der Waals surface area contributed by atoms with Crippen molar-refractivity contribution in [1.29, 1.82) is 0 Å². The van der Waals surface area contributed by atoms with Gasteiger partial charge in [-0.1, -0.05) is 6.07 Å². The Labute approximate surface area is 122 Å². The highest BCUT2D eigenvalue weighted by Crippen LogP contribution is 2.16. The lowest BCUT2D eigenvalue weighted by Gasteiger charge is -2.08. The number of hydrogen-bond donors (Lipinski definition) is 2. The molecule has 0 amide bonds. The van der Waals surface area contributed by atoms with Crippen LogP contribution in [0.2, 0.25) is 0 Å². The summed E-state index contributed by atoms with van der Waals surface area (Å²) < 4.78 is 41.9. The highest BCUT2D eigenvalue weighted by Gasteiger charge is 2.19. The first-order valence-electron chi connectivity index (χ1n) is 6.38. The fourth-order valence-electron chi connectivity index (χ4n) is 1.89. The second-order valence-electron chi connectivity index (χ2n) is 4.64. The molecule has 3 N–H and O–H groups in total. The van der Waals surface area contributed by atoms with Crippen LogP contribution in [0.25, 0.3) is 0 Å². The lowest BCUT2D eigenvalue weighted by Crippen LogP contribution is -2.27. The maximum atomic E-state index is 13.7. The zero-order valence-corrected chi connectivity index (χ0v) is 12.4. The summed E-state index contributed by atoms with van der Waals surface area (Å²) in [6.45, 7) is 0.318. The number of hydrogen-bond acceptors (Lipinski definition) is 4. The van der Waals surface area contributed by atoms with Crippen molar-refractivity contribution in [2.75, 3.05) is 6.54 Å². The van der Waals surface area contributed by atoms with Gasteiger partial charge in [-0.05, 0) is 29.7 Å². The molecule has 0 atom stereocenters. The third-order valence-corrected chi connectivity index (χ3v) is 4.46. The molecule has 2 rings (SSSR count). The van der Waals surface area contributed by atoms with Crippen LogP contribution >= 0.6 is 0 Å². The van der Waals surface area contributed by atoms with E-state index in [1.165, 1.54) is 12.1 Å². The van der Waals surface area contributed by atoms with Gasteiger partial charge in [0.05, 0.1) is 6.20 Å². The Hall–Kier alpha value is -1.77. The molecule has 0 spiro atoms. The lowest BCUT2D eigenvalue weighted by molar-refractivity contribution is 0.556. The van der Waals surface area contributed by atoms with Gasteiger partial charge in [-0.25, -0.2) is 17.5 Å². The Morgan fingerprint density at radius 2 is 2.14 bits per heavy atom.